The zero-order valence-electron chi connectivity index (χ0n) is 25.7. The molecule has 0 atom stereocenters. The van der Waals surface area contributed by atoms with Gasteiger partial charge in [-0.15, -0.1) is 0 Å². The van der Waals surface area contributed by atoms with Gasteiger partial charge in [-0.3, -0.25) is 9.59 Å². The highest BCUT2D eigenvalue weighted by atomic mass is 19.2. The maximum Gasteiger partial charge on any atom is 0.313 e. The fraction of sp³-hybridized carbons (Fsp3) is 0.576. The molecule has 0 spiro atoms. The molecular formula is C33H47F4NO6. The third-order valence-corrected chi connectivity index (χ3v) is 6.09. The van der Waals surface area contributed by atoms with Crippen LogP contribution in [0.15, 0.2) is 42.5 Å². The van der Waals surface area contributed by atoms with E-state index < -0.39 is 41.4 Å². The Balaban J connectivity index is 1.89. The third-order valence-electron chi connectivity index (χ3n) is 6.09. The smallest absolute Gasteiger partial charge is 0.313 e. The quantitative estimate of drug-likeness (QED) is 0.0289. The summed E-state index contributed by atoms with van der Waals surface area (Å²) in [6.07, 6.45) is 22.9. The molecule has 7 nitrogen and oxygen atoms in total. The largest absolute Gasteiger partial charge is 0.420 e. The van der Waals surface area contributed by atoms with Gasteiger partial charge in [0, 0.05) is 19.0 Å². The fourth-order valence-electron chi connectivity index (χ4n) is 3.69. The highest BCUT2D eigenvalue weighted by molar-refractivity contribution is 5.75. The van der Waals surface area contributed by atoms with Crippen molar-refractivity contribution in [3.63, 3.8) is 0 Å². The van der Waals surface area contributed by atoms with E-state index in [1.165, 1.54) is 25.7 Å². The molecule has 1 aromatic carbocycles. The van der Waals surface area contributed by atoms with Gasteiger partial charge in [-0.2, -0.15) is 8.78 Å². The van der Waals surface area contributed by atoms with Gasteiger partial charge in [0.2, 0.25) is 23.3 Å². The van der Waals surface area contributed by atoms with Crippen LogP contribution < -0.4 is 10.1 Å². The Labute approximate surface area is 258 Å². The predicted molar refractivity (Wildman–Crippen MR) is 161 cm³/mol. The standard InChI is InChI=1S/C33H47F4NO6/c1-2-3-4-5-6-7-8-9-10-11-12-13-14-15-16-17-29(39)38-19-21-42-23-25-43-24-22-41-20-18-30(40)44-33-31(36)27(34)26-28(35)32(33)37/h6-7,9-10,12-13,26H,2-5,8,11,14-25H2,1H3,(H,38,39)/b7-6-,10-9-,13-12-. The van der Waals surface area contributed by atoms with Gasteiger partial charge in [-0.25, -0.2) is 8.78 Å². The van der Waals surface area contributed by atoms with Crippen molar-refractivity contribution in [2.75, 3.05) is 46.2 Å². The van der Waals surface area contributed by atoms with Crippen LogP contribution in [0.5, 0.6) is 5.75 Å². The highest BCUT2D eigenvalue weighted by Gasteiger charge is 2.22. The Morgan fingerprint density at radius 3 is 1.80 bits per heavy atom. The Bertz CT molecular complexity index is 1010. The number of benzene rings is 1. The number of nitrogens with one attached hydrogen (secondary N) is 1. The van der Waals surface area contributed by atoms with Crippen molar-refractivity contribution in [1.82, 2.24) is 5.32 Å². The second-order valence-corrected chi connectivity index (χ2v) is 9.84. The average molecular weight is 630 g/mol. The van der Waals surface area contributed by atoms with E-state index in [2.05, 4.69) is 53.4 Å². The van der Waals surface area contributed by atoms with E-state index >= 15 is 0 Å². The maximum absolute atomic E-state index is 13.5. The molecule has 0 fully saturated rings. The van der Waals surface area contributed by atoms with Gasteiger partial charge >= 0.3 is 5.97 Å². The van der Waals surface area contributed by atoms with Crippen LogP contribution in [0.2, 0.25) is 0 Å². The van der Waals surface area contributed by atoms with E-state index in [1.54, 1.807) is 0 Å². The molecule has 0 unspecified atom stereocenters. The lowest BCUT2D eigenvalue weighted by molar-refractivity contribution is -0.136. The fourth-order valence-corrected chi connectivity index (χ4v) is 3.69. The average Bonchev–Trinajstić information content (AvgIpc) is 3.00. The van der Waals surface area contributed by atoms with Crippen molar-refractivity contribution in [2.24, 2.45) is 0 Å². The first-order chi connectivity index (χ1) is 21.4. The number of carbonyl (C=O) groups excluding carboxylic acids is 2. The van der Waals surface area contributed by atoms with Crippen molar-refractivity contribution in [1.29, 1.82) is 0 Å². The van der Waals surface area contributed by atoms with Crippen molar-refractivity contribution in [3.8, 4) is 5.75 Å². The van der Waals surface area contributed by atoms with E-state index in [0.29, 0.717) is 32.8 Å². The molecular weight excluding hydrogens is 582 g/mol. The molecule has 1 aromatic rings. The van der Waals surface area contributed by atoms with Crippen molar-refractivity contribution in [3.05, 3.63) is 65.8 Å². The molecule has 0 saturated heterocycles. The summed E-state index contributed by atoms with van der Waals surface area (Å²) < 4.78 is 73.5. The first kappa shape index (κ1) is 39.0. The minimum Gasteiger partial charge on any atom is -0.420 e. The molecule has 0 aromatic heterocycles. The second kappa shape index (κ2) is 26.4. The number of esters is 1. The van der Waals surface area contributed by atoms with Gasteiger partial charge < -0.3 is 24.3 Å². The number of hydrogen-bond donors (Lipinski definition) is 1. The Morgan fingerprint density at radius 2 is 1.20 bits per heavy atom. The molecule has 0 radical (unpaired) electrons. The Morgan fingerprint density at radius 1 is 0.682 bits per heavy atom. The van der Waals surface area contributed by atoms with Crippen LogP contribution in [-0.2, 0) is 23.8 Å². The van der Waals surface area contributed by atoms with Crippen molar-refractivity contribution < 1.29 is 46.1 Å². The van der Waals surface area contributed by atoms with Gasteiger partial charge in [0.25, 0.3) is 0 Å². The van der Waals surface area contributed by atoms with E-state index in [9.17, 15) is 27.2 Å². The summed E-state index contributed by atoms with van der Waals surface area (Å²) in [5, 5.41) is 2.82. The van der Waals surface area contributed by atoms with E-state index in [4.69, 9.17) is 14.2 Å². The summed E-state index contributed by atoms with van der Waals surface area (Å²) in [7, 11) is 0. The lowest BCUT2D eigenvalue weighted by Gasteiger charge is -2.09. The lowest BCUT2D eigenvalue weighted by atomic mass is 10.1. The van der Waals surface area contributed by atoms with Crippen LogP contribution >= 0.6 is 0 Å². The number of rotatable bonds is 26. The molecule has 0 heterocycles. The normalized spacial score (nSPS) is 11.8. The number of hydrogen-bond acceptors (Lipinski definition) is 6. The van der Waals surface area contributed by atoms with Crippen LogP contribution in [0.4, 0.5) is 17.6 Å². The van der Waals surface area contributed by atoms with Gasteiger partial charge in [-0.05, 0) is 44.9 Å². The lowest BCUT2D eigenvalue weighted by Crippen LogP contribution is -2.27. The molecule has 11 heteroatoms. The Hall–Kier alpha value is -3.02. The summed E-state index contributed by atoms with van der Waals surface area (Å²) in [4.78, 5) is 23.5. The van der Waals surface area contributed by atoms with Crippen LogP contribution in [0.3, 0.4) is 0 Å². The first-order valence-electron chi connectivity index (χ1n) is 15.3. The summed E-state index contributed by atoms with van der Waals surface area (Å²) in [6, 6.07) is 0.0206. The monoisotopic (exact) mass is 629 g/mol. The van der Waals surface area contributed by atoms with E-state index in [-0.39, 0.29) is 31.8 Å². The van der Waals surface area contributed by atoms with Crippen LogP contribution in [0.25, 0.3) is 0 Å². The first-order valence-corrected chi connectivity index (χ1v) is 15.3. The SMILES string of the molecule is CCCCC/C=C\C/C=C\C/C=C\CCCCC(=O)NCCOCCOCCOCCC(=O)Oc1c(F)c(F)cc(F)c1F. The number of amides is 1. The number of allylic oxidation sites excluding steroid dienone is 6. The van der Waals surface area contributed by atoms with Gasteiger partial charge in [0.15, 0.2) is 11.6 Å². The van der Waals surface area contributed by atoms with Crippen molar-refractivity contribution >= 4 is 11.9 Å². The number of halogens is 4. The molecule has 0 aliphatic rings. The zero-order valence-corrected chi connectivity index (χ0v) is 25.7. The molecule has 248 valence electrons. The zero-order chi connectivity index (χ0) is 32.3. The van der Waals surface area contributed by atoms with Crippen molar-refractivity contribution in [2.45, 2.75) is 77.6 Å². The molecule has 1 N–H and O–H groups in total. The maximum atomic E-state index is 13.5. The summed E-state index contributed by atoms with van der Waals surface area (Å²) in [5.41, 5.74) is 0. The predicted octanol–water partition coefficient (Wildman–Crippen LogP) is 7.29. The second-order valence-electron chi connectivity index (χ2n) is 9.84. The van der Waals surface area contributed by atoms with Crippen LogP contribution in [-0.4, -0.2) is 58.1 Å². The molecule has 1 amide bonds. The molecule has 1 rings (SSSR count). The van der Waals surface area contributed by atoms with E-state index in [1.807, 2.05) is 0 Å². The summed E-state index contributed by atoms with van der Waals surface area (Å²) >= 11 is 0. The summed E-state index contributed by atoms with van der Waals surface area (Å²) in [6.45, 7) is 3.78. The topological polar surface area (TPSA) is 83.1 Å². The summed E-state index contributed by atoms with van der Waals surface area (Å²) in [5.74, 6) is -9.46. The van der Waals surface area contributed by atoms with Gasteiger partial charge in [0.1, 0.15) is 0 Å². The Kier molecular flexibility index (Phi) is 23.4. The molecule has 0 bridgehead atoms. The molecule has 44 heavy (non-hydrogen) atoms. The number of unbranched alkanes of at least 4 members (excludes halogenated alkanes) is 5. The van der Waals surface area contributed by atoms with Gasteiger partial charge in [0.05, 0.1) is 46.1 Å². The van der Waals surface area contributed by atoms with Crippen LogP contribution in [0, 0.1) is 23.3 Å². The molecule has 0 saturated carbocycles. The minimum absolute atomic E-state index is 0.00101. The van der Waals surface area contributed by atoms with Crippen LogP contribution in [0.1, 0.15) is 77.6 Å². The number of ether oxygens (including phenoxy) is 4. The molecule has 0 aliphatic heterocycles. The highest BCUT2D eigenvalue weighted by Crippen LogP contribution is 2.26. The number of carbonyl (C=O) groups is 2. The van der Waals surface area contributed by atoms with Gasteiger partial charge in [-0.1, -0.05) is 56.2 Å². The molecule has 0 aliphatic carbocycles. The third kappa shape index (κ3) is 20.0. The van der Waals surface area contributed by atoms with E-state index in [0.717, 1.165) is 32.1 Å². The minimum atomic E-state index is -1.79.